The van der Waals surface area contributed by atoms with Gasteiger partial charge in [-0.05, 0) is 92.9 Å². The highest BCUT2D eigenvalue weighted by Crippen LogP contribution is 2.39. The molecule has 0 spiro atoms. The van der Waals surface area contributed by atoms with E-state index in [0.717, 1.165) is 0 Å². The van der Waals surface area contributed by atoms with E-state index < -0.39 is 0 Å². The molecule has 0 saturated carbocycles. The molecule has 1 atom stereocenters. The van der Waals surface area contributed by atoms with Crippen LogP contribution in [0.25, 0.3) is 0 Å². The summed E-state index contributed by atoms with van der Waals surface area (Å²) in [7, 11) is -0.268. The van der Waals surface area contributed by atoms with Gasteiger partial charge >= 0.3 is 0 Å². The fraction of sp³-hybridized carbons (Fsp3) is 0.556. The first-order chi connectivity index (χ1) is 13.6. The van der Waals surface area contributed by atoms with Gasteiger partial charge in [0.15, 0.2) is 0 Å². The van der Waals surface area contributed by atoms with E-state index in [-0.39, 0.29) is 7.92 Å². The minimum absolute atomic E-state index is 0.268. The summed E-state index contributed by atoms with van der Waals surface area (Å²) in [6, 6.07) is 14.2. The van der Waals surface area contributed by atoms with Crippen LogP contribution in [0.2, 0.25) is 0 Å². The summed E-state index contributed by atoms with van der Waals surface area (Å²) in [6.45, 7) is 11.6. The molecular formula is C27H41P. The molecule has 0 nitrogen and oxygen atoms in total. The maximum atomic E-state index is 2.47. The van der Waals surface area contributed by atoms with Crippen LogP contribution in [0.15, 0.2) is 36.4 Å². The summed E-state index contributed by atoms with van der Waals surface area (Å²) in [5.74, 6) is 0. The lowest BCUT2D eigenvalue weighted by atomic mass is 9.98. The predicted octanol–water partition coefficient (Wildman–Crippen LogP) is 7.61. The minimum Gasteiger partial charge on any atom is -0.0654 e. The molecule has 28 heavy (non-hydrogen) atoms. The quantitative estimate of drug-likeness (QED) is 0.256. The Balaban J connectivity index is 2.52. The second-order valence-corrected chi connectivity index (χ2v) is 10.5. The molecular weight excluding hydrogens is 355 g/mol. The lowest BCUT2D eigenvalue weighted by Crippen LogP contribution is -2.22. The van der Waals surface area contributed by atoms with Crippen LogP contribution in [-0.4, -0.2) is 6.16 Å². The third-order valence-electron chi connectivity index (χ3n) is 5.97. The smallest absolute Gasteiger partial charge is 0.0160 e. The lowest BCUT2D eigenvalue weighted by Gasteiger charge is -2.26. The van der Waals surface area contributed by atoms with Crippen molar-refractivity contribution in [2.45, 2.75) is 92.4 Å². The maximum Gasteiger partial charge on any atom is -0.0160 e. The molecule has 0 saturated heterocycles. The van der Waals surface area contributed by atoms with Crippen molar-refractivity contribution in [1.82, 2.24) is 0 Å². The van der Waals surface area contributed by atoms with Gasteiger partial charge in [0.25, 0.3) is 0 Å². The van der Waals surface area contributed by atoms with Crippen molar-refractivity contribution in [1.29, 1.82) is 0 Å². The summed E-state index contributed by atoms with van der Waals surface area (Å²) in [5, 5.41) is 3.30. The maximum absolute atomic E-state index is 2.47. The van der Waals surface area contributed by atoms with Crippen LogP contribution in [-0.2, 0) is 12.8 Å². The van der Waals surface area contributed by atoms with Crippen molar-refractivity contribution >= 4 is 18.5 Å². The van der Waals surface area contributed by atoms with E-state index in [1.165, 1.54) is 75.1 Å². The zero-order chi connectivity index (χ0) is 20.4. The van der Waals surface area contributed by atoms with Crippen molar-refractivity contribution in [3.63, 3.8) is 0 Å². The van der Waals surface area contributed by atoms with Gasteiger partial charge in [0, 0.05) is 0 Å². The van der Waals surface area contributed by atoms with E-state index in [1.54, 1.807) is 21.7 Å². The van der Waals surface area contributed by atoms with Crippen molar-refractivity contribution in [2.75, 3.05) is 6.16 Å². The monoisotopic (exact) mass is 396 g/mol. The topological polar surface area (TPSA) is 0 Å². The molecule has 0 aliphatic rings. The van der Waals surface area contributed by atoms with Gasteiger partial charge in [0.2, 0.25) is 0 Å². The Kier molecular flexibility index (Phi) is 10.3. The van der Waals surface area contributed by atoms with Gasteiger partial charge in [0.1, 0.15) is 0 Å². The van der Waals surface area contributed by atoms with Gasteiger partial charge in [-0.3, -0.25) is 0 Å². The molecule has 0 radical (unpaired) electrons. The summed E-state index contributed by atoms with van der Waals surface area (Å²) in [4.78, 5) is 0. The molecule has 1 unspecified atom stereocenters. The van der Waals surface area contributed by atoms with Gasteiger partial charge in [-0.1, -0.05) is 82.9 Å². The average molecular weight is 397 g/mol. The molecule has 0 heterocycles. The molecule has 0 fully saturated rings. The summed E-state index contributed by atoms with van der Waals surface area (Å²) in [6.07, 6.45) is 13.0. The Bertz CT molecular complexity index is 716. The Morgan fingerprint density at radius 3 is 2.04 bits per heavy atom. The lowest BCUT2D eigenvalue weighted by molar-refractivity contribution is 0.760. The Morgan fingerprint density at radius 1 is 0.679 bits per heavy atom. The number of rotatable bonds is 12. The molecule has 154 valence electrons. The molecule has 0 aromatic heterocycles. The standard InChI is InChI=1S/C27H41P/c1-6-9-12-21-28(26-19-13-15-22(4)23(26)5)27-20-14-17-24(16-10-7-2)25(27)18-11-8-3/h13-15,17,19-20H,6-12,16,18,21H2,1-5H3. The fourth-order valence-electron chi connectivity index (χ4n) is 4.04. The second kappa shape index (κ2) is 12.4. The molecule has 0 aliphatic heterocycles. The predicted molar refractivity (Wildman–Crippen MR) is 130 cm³/mol. The molecule has 2 aromatic rings. The van der Waals surface area contributed by atoms with Crippen molar-refractivity contribution < 1.29 is 0 Å². The van der Waals surface area contributed by atoms with Gasteiger partial charge in [-0.25, -0.2) is 0 Å². The van der Waals surface area contributed by atoms with Crippen molar-refractivity contribution in [3.8, 4) is 0 Å². The highest BCUT2D eigenvalue weighted by atomic mass is 31.1. The second-order valence-electron chi connectivity index (χ2n) is 8.20. The largest absolute Gasteiger partial charge is 0.0654 e. The third kappa shape index (κ3) is 6.18. The normalized spacial score (nSPS) is 12.3. The molecule has 2 rings (SSSR count). The Morgan fingerprint density at radius 2 is 1.32 bits per heavy atom. The minimum atomic E-state index is -0.268. The van der Waals surface area contributed by atoms with E-state index in [2.05, 4.69) is 71.0 Å². The zero-order valence-electron chi connectivity index (χ0n) is 19.0. The first-order valence-electron chi connectivity index (χ1n) is 11.6. The number of hydrogen-bond acceptors (Lipinski definition) is 0. The molecule has 2 aromatic carbocycles. The van der Waals surface area contributed by atoms with E-state index in [1.807, 2.05) is 0 Å². The van der Waals surface area contributed by atoms with Crippen molar-refractivity contribution in [3.05, 3.63) is 58.7 Å². The first kappa shape index (κ1) is 23.2. The van der Waals surface area contributed by atoms with E-state index in [9.17, 15) is 0 Å². The van der Waals surface area contributed by atoms with Crippen LogP contribution in [0.4, 0.5) is 0 Å². The van der Waals surface area contributed by atoms with E-state index in [4.69, 9.17) is 0 Å². The summed E-state index contributed by atoms with van der Waals surface area (Å²) < 4.78 is 0. The highest BCUT2D eigenvalue weighted by Gasteiger charge is 2.20. The highest BCUT2D eigenvalue weighted by molar-refractivity contribution is 7.73. The van der Waals surface area contributed by atoms with Gasteiger partial charge in [0.05, 0.1) is 0 Å². The van der Waals surface area contributed by atoms with Crippen LogP contribution >= 0.6 is 7.92 Å². The molecule has 1 heteroatoms. The molecule has 0 N–H and O–H groups in total. The SMILES string of the molecule is CCCCCP(c1cccc(C)c1C)c1cccc(CCCC)c1CCCC. The van der Waals surface area contributed by atoms with Crippen LogP contribution in [0.3, 0.4) is 0 Å². The Labute approximate surface area is 175 Å². The Hall–Kier alpha value is -1.13. The number of benzene rings is 2. The molecule has 0 amide bonds. The van der Waals surface area contributed by atoms with Crippen LogP contribution in [0.1, 0.15) is 88.0 Å². The first-order valence-corrected chi connectivity index (χ1v) is 13.1. The van der Waals surface area contributed by atoms with E-state index in [0.29, 0.717) is 0 Å². The van der Waals surface area contributed by atoms with Crippen LogP contribution in [0.5, 0.6) is 0 Å². The fourth-order valence-corrected chi connectivity index (χ4v) is 7.01. The molecule has 0 aliphatic carbocycles. The van der Waals surface area contributed by atoms with E-state index >= 15 is 0 Å². The van der Waals surface area contributed by atoms with Crippen LogP contribution in [0, 0.1) is 13.8 Å². The third-order valence-corrected chi connectivity index (χ3v) is 8.80. The number of unbranched alkanes of at least 4 members (excludes halogenated alkanes) is 4. The molecule has 0 bridgehead atoms. The number of aryl methyl sites for hydroxylation is 2. The van der Waals surface area contributed by atoms with Crippen LogP contribution < -0.4 is 10.6 Å². The summed E-state index contributed by atoms with van der Waals surface area (Å²) in [5.41, 5.74) is 6.28. The summed E-state index contributed by atoms with van der Waals surface area (Å²) >= 11 is 0. The van der Waals surface area contributed by atoms with Crippen molar-refractivity contribution in [2.24, 2.45) is 0 Å². The van der Waals surface area contributed by atoms with Gasteiger partial charge < -0.3 is 0 Å². The zero-order valence-corrected chi connectivity index (χ0v) is 19.9. The average Bonchev–Trinajstić information content (AvgIpc) is 2.71. The van der Waals surface area contributed by atoms with Gasteiger partial charge in [-0.15, -0.1) is 0 Å². The van der Waals surface area contributed by atoms with Gasteiger partial charge in [-0.2, -0.15) is 0 Å². The number of hydrogen-bond donors (Lipinski definition) is 0.